The third-order valence-corrected chi connectivity index (χ3v) is 2.01. The van der Waals surface area contributed by atoms with E-state index >= 15 is 0 Å². The normalized spacial score (nSPS) is 12.6. The molecule has 1 nitrogen and oxygen atoms in total. The molecule has 0 saturated heterocycles. The number of benzene rings is 1. The zero-order valence-corrected chi connectivity index (χ0v) is 8.79. The van der Waals surface area contributed by atoms with Crippen molar-refractivity contribution in [3.8, 4) is 0 Å². The SMILES string of the molecule is Fc1ccc(NCCC(F)(F)F)cc1C(F)(F)F. The minimum atomic E-state index is -4.88. The fraction of sp³-hybridized carbons (Fsp3) is 0.400. The van der Waals surface area contributed by atoms with E-state index in [4.69, 9.17) is 0 Å². The lowest BCUT2D eigenvalue weighted by Gasteiger charge is -2.12. The molecule has 102 valence electrons. The Bertz CT molecular complexity index is 408. The van der Waals surface area contributed by atoms with Gasteiger partial charge >= 0.3 is 12.4 Å². The standard InChI is InChI=1S/C10H8F7N/c11-8-2-1-6(5-7(8)10(15,16)17)18-4-3-9(12,13)14/h1-2,5,18H,3-4H2. The summed E-state index contributed by atoms with van der Waals surface area (Å²) in [5.74, 6) is -1.47. The van der Waals surface area contributed by atoms with Gasteiger partial charge in [0, 0.05) is 12.2 Å². The van der Waals surface area contributed by atoms with Crippen LogP contribution < -0.4 is 5.32 Å². The molecule has 0 spiro atoms. The van der Waals surface area contributed by atoms with Gasteiger partial charge in [-0.15, -0.1) is 0 Å². The second kappa shape index (κ2) is 5.03. The highest BCUT2D eigenvalue weighted by Crippen LogP contribution is 2.33. The Kier molecular flexibility index (Phi) is 4.08. The summed E-state index contributed by atoms with van der Waals surface area (Å²) in [6.07, 6.45) is -10.5. The Balaban J connectivity index is 2.74. The van der Waals surface area contributed by atoms with Gasteiger partial charge in [-0.25, -0.2) is 4.39 Å². The van der Waals surface area contributed by atoms with Crippen molar-refractivity contribution in [1.82, 2.24) is 0 Å². The molecule has 0 radical (unpaired) electrons. The molecule has 0 aliphatic rings. The van der Waals surface area contributed by atoms with Gasteiger partial charge in [0.05, 0.1) is 12.0 Å². The summed E-state index contributed by atoms with van der Waals surface area (Å²) in [4.78, 5) is 0. The maximum absolute atomic E-state index is 12.8. The van der Waals surface area contributed by atoms with Gasteiger partial charge in [0.1, 0.15) is 5.82 Å². The maximum atomic E-state index is 12.8. The van der Waals surface area contributed by atoms with Crippen molar-refractivity contribution in [2.45, 2.75) is 18.8 Å². The van der Waals surface area contributed by atoms with Crippen LogP contribution in [0.4, 0.5) is 36.4 Å². The number of halogens is 7. The average molecular weight is 275 g/mol. The molecule has 1 N–H and O–H groups in total. The summed E-state index contributed by atoms with van der Waals surface area (Å²) in [6.45, 7) is -0.577. The predicted molar refractivity (Wildman–Crippen MR) is 50.6 cm³/mol. The Hall–Kier alpha value is -1.47. The van der Waals surface area contributed by atoms with E-state index in [0.717, 1.165) is 6.07 Å². The van der Waals surface area contributed by atoms with Gasteiger partial charge in [-0.2, -0.15) is 26.3 Å². The molecule has 0 saturated carbocycles. The molecule has 1 aromatic rings. The molecular formula is C10H8F7N. The van der Waals surface area contributed by atoms with Crippen LogP contribution in [0.25, 0.3) is 0 Å². The van der Waals surface area contributed by atoms with E-state index in [1.54, 1.807) is 0 Å². The summed E-state index contributed by atoms with van der Waals surface area (Å²) >= 11 is 0. The third-order valence-electron chi connectivity index (χ3n) is 2.01. The van der Waals surface area contributed by atoms with Crippen LogP contribution in [0.15, 0.2) is 18.2 Å². The molecule has 0 aliphatic carbocycles. The maximum Gasteiger partial charge on any atom is 0.419 e. The first-order chi connectivity index (χ1) is 8.09. The van der Waals surface area contributed by atoms with Crippen LogP contribution in [-0.4, -0.2) is 12.7 Å². The number of rotatable bonds is 3. The number of alkyl halides is 6. The van der Waals surface area contributed by atoms with Crippen LogP contribution in [0.5, 0.6) is 0 Å². The molecular weight excluding hydrogens is 267 g/mol. The fourth-order valence-electron chi connectivity index (χ4n) is 1.20. The second-order valence-corrected chi connectivity index (χ2v) is 3.48. The van der Waals surface area contributed by atoms with E-state index in [1.165, 1.54) is 0 Å². The van der Waals surface area contributed by atoms with E-state index in [0.29, 0.717) is 12.1 Å². The zero-order valence-electron chi connectivity index (χ0n) is 8.79. The largest absolute Gasteiger partial charge is 0.419 e. The van der Waals surface area contributed by atoms with Gasteiger partial charge in [0.15, 0.2) is 0 Å². The lowest BCUT2D eigenvalue weighted by molar-refractivity contribution is -0.140. The number of hydrogen-bond donors (Lipinski definition) is 1. The summed E-state index contributed by atoms with van der Waals surface area (Å²) in [5, 5.41) is 2.15. The van der Waals surface area contributed by atoms with E-state index < -0.39 is 36.7 Å². The quantitative estimate of drug-likeness (QED) is 0.815. The number of hydrogen-bond acceptors (Lipinski definition) is 1. The fourth-order valence-corrected chi connectivity index (χ4v) is 1.20. The predicted octanol–water partition coefficient (Wildman–Crippen LogP) is 4.21. The smallest absolute Gasteiger partial charge is 0.385 e. The number of nitrogens with one attached hydrogen (secondary N) is 1. The van der Waals surface area contributed by atoms with E-state index in [9.17, 15) is 30.7 Å². The molecule has 1 rings (SSSR count). The van der Waals surface area contributed by atoms with Gasteiger partial charge in [-0.1, -0.05) is 0 Å². The Morgan fingerprint density at radius 3 is 2.11 bits per heavy atom. The van der Waals surface area contributed by atoms with Crippen LogP contribution in [0, 0.1) is 5.82 Å². The van der Waals surface area contributed by atoms with Crippen molar-refractivity contribution < 1.29 is 30.7 Å². The first-order valence-corrected chi connectivity index (χ1v) is 4.77. The topological polar surface area (TPSA) is 12.0 Å². The summed E-state index contributed by atoms with van der Waals surface area (Å²) in [5.41, 5.74) is -1.73. The first-order valence-electron chi connectivity index (χ1n) is 4.77. The van der Waals surface area contributed by atoms with Crippen LogP contribution in [-0.2, 0) is 6.18 Å². The Labute approximate surface area is 97.6 Å². The summed E-state index contributed by atoms with van der Waals surface area (Å²) in [7, 11) is 0. The first kappa shape index (κ1) is 14.6. The van der Waals surface area contributed by atoms with Gasteiger partial charge < -0.3 is 5.32 Å². The third kappa shape index (κ3) is 4.42. The molecule has 0 bridgehead atoms. The Morgan fingerprint density at radius 2 is 1.61 bits per heavy atom. The summed E-state index contributed by atoms with van der Waals surface area (Å²) < 4.78 is 85.2. The molecule has 0 unspecified atom stereocenters. The van der Waals surface area contributed by atoms with Crippen molar-refractivity contribution in [3.05, 3.63) is 29.6 Å². The molecule has 0 aromatic heterocycles. The highest BCUT2D eigenvalue weighted by molar-refractivity contribution is 5.47. The molecule has 0 atom stereocenters. The van der Waals surface area contributed by atoms with Gasteiger partial charge in [0.2, 0.25) is 0 Å². The van der Waals surface area contributed by atoms with Crippen molar-refractivity contribution in [2.75, 3.05) is 11.9 Å². The van der Waals surface area contributed by atoms with Gasteiger partial charge in [-0.05, 0) is 18.2 Å². The molecule has 0 amide bonds. The van der Waals surface area contributed by atoms with E-state index in [2.05, 4.69) is 5.32 Å². The average Bonchev–Trinajstić information content (AvgIpc) is 2.17. The molecule has 1 aromatic carbocycles. The molecule has 18 heavy (non-hydrogen) atoms. The molecule has 0 aliphatic heterocycles. The van der Waals surface area contributed by atoms with Crippen LogP contribution in [0.1, 0.15) is 12.0 Å². The minimum Gasteiger partial charge on any atom is -0.385 e. The Morgan fingerprint density at radius 1 is 1.00 bits per heavy atom. The van der Waals surface area contributed by atoms with E-state index in [-0.39, 0.29) is 5.69 Å². The van der Waals surface area contributed by atoms with Gasteiger partial charge in [-0.3, -0.25) is 0 Å². The lowest BCUT2D eigenvalue weighted by Crippen LogP contribution is -2.15. The highest BCUT2D eigenvalue weighted by Gasteiger charge is 2.34. The van der Waals surface area contributed by atoms with Gasteiger partial charge in [0.25, 0.3) is 0 Å². The van der Waals surface area contributed by atoms with Crippen LogP contribution in [0.2, 0.25) is 0 Å². The van der Waals surface area contributed by atoms with Crippen LogP contribution >= 0.6 is 0 Å². The lowest BCUT2D eigenvalue weighted by atomic mass is 10.2. The minimum absolute atomic E-state index is 0.215. The molecule has 0 heterocycles. The summed E-state index contributed by atoms with van der Waals surface area (Å²) in [6, 6.07) is 1.94. The van der Waals surface area contributed by atoms with E-state index in [1.807, 2.05) is 0 Å². The zero-order chi connectivity index (χ0) is 14.0. The van der Waals surface area contributed by atoms with Crippen molar-refractivity contribution in [2.24, 2.45) is 0 Å². The molecule has 0 fully saturated rings. The van der Waals surface area contributed by atoms with Crippen molar-refractivity contribution in [1.29, 1.82) is 0 Å². The van der Waals surface area contributed by atoms with Crippen molar-refractivity contribution in [3.63, 3.8) is 0 Å². The second-order valence-electron chi connectivity index (χ2n) is 3.48. The van der Waals surface area contributed by atoms with Crippen molar-refractivity contribution >= 4 is 5.69 Å². The highest BCUT2D eigenvalue weighted by atomic mass is 19.4. The molecule has 8 heteroatoms. The van der Waals surface area contributed by atoms with Crippen LogP contribution in [0.3, 0.4) is 0 Å². The monoisotopic (exact) mass is 275 g/mol. The number of anilines is 1.